The van der Waals surface area contributed by atoms with Gasteiger partial charge in [-0.3, -0.25) is 4.79 Å². The molecule has 2 aromatic heterocycles. The Kier molecular flexibility index (Phi) is 3.40. The number of carbonyl (C=O) groups is 1. The number of tetrazole rings is 1. The third kappa shape index (κ3) is 2.24. The van der Waals surface area contributed by atoms with Crippen molar-refractivity contribution in [2.75, 3.05) is 0 Å². The summed E-state index contributed by atoms with van der Waals surface area (Å²) in [6.45, 7) is 3.72. The molecule has 0 aliphatic rings. The minimum atomic E-state index is -0.868. The van der Waals surface area contributed by atoms with Crippen LogP contribution in [0.1, 0.15) is 31.6 Å². The molecule has 0 fully saturated rings. The summed E-state index contributed by atoms with van der Waals surface area (Å²) in [6.07, 6.45) is 2.19. The average Bonchev–Trinajstić information content (AvgIpc) is 2.93. The molecule has 96 valence electrons. The van der Waals surface area contributed by atoms with E-state index in [0.717, 1.165) is 5.56 Å². The Hall–Kier alpha value is -2.18. The Morgan fingerprint density at radius 2 is 2.39 bits per heavy atom. The normalized spacial score (nSPS) is 12.6. The van der Waals surface area contributed by atoms with Gasteiger partial charge in [-0.05, 0) is 29.8 Å². The number of rotatable bonds is 5. The number of aryl methyl sites for hydroxylation is 1. The molecule has 0 aromatic carbocycles. The summed E-state index contributed by atoms with van der Waals surface area (Å²) in [5.74, 6) is 0.373. The summed E-state index contributed by atoms with van der Waals surface area (Å²) in [6, 6.07) is 1.51. The van der Waals surface area contributed by atoms with Crippen LogP contribution in [0.5, 0.6) is 0 Å². The Morgan fingerprint density at radius 3 is 2.94 bits per heavy atom. The molecule has 0 spiro atoms. The Morgan fingerprint density at radius 1 is 1.61 bits per heavy atom. The van der Waals surface area contributed by atoms with Crippen molar-refractivity contribution in [3.63, 3.8) is 0 Å². The summed E-state index contributed by atoms with van der Waals surface area (Å²) >= 11 is 0. The van der Waals surface area contributed by atoms with Crippen LogP contribution >= 0.6 is 0 Å². The van der Waals surface area contributed by atoms with Crippen LogP contribution in [0.3, 0.4) is 0 Å². The van der Waals surface area contributed by atoms with Crippen LogP contribution in [-0.2, 0) is 4.79 Å². The molecule has 1 N–H and O–H groups in total. The molecule has 0 radical (unpaired) electrons. The van der Waals surface area contributed by atoms with Gasteiger partial charge in [-0.1, -0.05) is 6.92 Å². The van der Waals surface area contributed by atoms with Gasteiger partial charge in [-0.2, -0.15) is 0 Å². The zero-order valence-electron chi connectivity index (χ0n) is 10.2. The highest BCUT2D eigenvalue weighted by Gasteiger charge is 2.21. The van der Waals surface area contributed by atoms with E-state index in [4.69, 9.17) is 9.52 Å². The van der Waals surface area contributed by atoms with Crippen LogP contribution in [0.25, 0.3) is 11.4 Å². The molecule has 7 nitrogen and oxygen atoms in total. The lowest BCUT2D eigenvalue weighted by Gasteiger charge is -2.13. The van der Waals surface area contributed by atoms with Gasteiger partial charge in [0.25, 0.3) is 0 Å². The van der Waals surface area contributed by atoms with Gasteiger partial charge in [0.2, 0.25) is 0 Å². The van der Waals surface area contributed by atoms with Crippen LogP contribution in [-0.4, -0.2) is 31.3 Å². The van der Waals surface area contributed by atoms with Gasteiger partial charge in [-0.25, -0.2) is 4.68 Å². The number of hydrogen-bond donors (Lipinski definition) is 1. The zero-order chi connectivity index (χ0) is 13.1. The van der Waals surface area contributed by atoms with Crippen LogP contribution < -0.4 is 0 Å². The van der Waals surface area contributed by atoms with E-state index in [-0.39, 0.29) is 12.5 Å². The Balaban J connectivity index is 2.38. The van der Waals surface area contributed by atoms with Crippen LogP contribution in [0.4, 0.5) is 0 Å². The maximum absolute atomic E-state index is 10.8. The van der Waals surface area contributed by atoms with E-state index >= 15 is 0 Å². The molecule has 2 heterocycles. The van der Waals surface area contributed by atoms with Gasteiger partial charge in [0, 0.05) is 0 Å². The maximum atomic E-state index is 10.8. The summed E-state index contributed by atoms with van der Waals surface area (Å²) < 4.78 is 6.76. The second-order valence-electron chi connectivity index (χ2n) is 4.00. The quantitative estimate of drug-likeness (QED) is 0.867. The monoisotopic (exact) mass is 250 g/mol. The molecule has 0 aliphatic carbocycles. The number of nitrogens with zero attached hydrogens (tertiary/aromatic N) is 4. The average molecular weight is 250 g/mol. The van der Waals surface area contributed by atoms with E-state index in [9.17, 15) is 4.79 Å². The Bertz CT molecular complexity index is 546. The van der Waals surface area contributed by atoms with Crippen molar-refractivity contribution in [1.82, 2.24) is 20.2 Å². The first-order valence-corrected chi connectivity index (χ1v) is 5.67. The first kappa shape index (κ1) is 12.3. The van der Waals surface area contributed by atoms with Gasteiger partial charge in [0.15, 0.2) is 5.82 Å². The number of hydrogen-bond acceptors (Lipinski definition) is 5. The van der Waals surface area contributed by atoms with Crippen LogP contribution in [0.15, 0.2) is 16.7 Å². The molecule has 0 amide bonds. The van der Waals surface area contributed by atoms with E-state index in [1.165, 1.54) is 0 Å². The molecular weight excluding hydrogens is 236 g/mol. The number of furan rings is 1. The van der Waals surface area contributed by atoms with E-state index in [0.29, 0.717) is 18.0 Å². The van der Waals surface area contributed by atoms with E-state index in [1.54, 1.807) is 17.0 Å². The van der Waals surface area contributed by atoms with Crippen molar-refractivity contribution in [1.29, 1.82) is 0 Å². The second-order valence-corrected chi connectivity index (χ2v) is 4.00. The van der Waals surface area contributed by atoms with Gasteiger partial charge in [0.1, 0.15) is 5.76 Å². The molecule has 2 rings (SSSR count). The summed E-state index contributed by atoms with van der Waals surface area (Å²) in [5, 5.41) is 20.3. The minimum Gasteiger partial charge on any atom is -0.481 e. The zero-order valence-corrected chi connectivity index (χ0v) is 10.2. The molecular formula is C11H14N4O3. The minimum absolute atomic E-state index is 0.00849. The first-order valence-electron chi connectivity index (χ1n) is 5.67. The first-order chi connectivity index (χ1) is 8.63. The third-order valence-electron chi connectivity index (χ3n) is 2.82. The number of carboxylic acids is 1. The molecule has 18 heavy (non-hydrogen) atoms. The molecule has 1 atom stereocenters. The highest BCUT2D eigenvalue weighted by Crippen LogP contribution is 2.25. The van der Waals surface area contributed by atoms with Gasteiger partial charge < -0.3 is 9.52 Å². The SMILES string of the molecule is CCC(CC(=O)O)n1nnnc1-c1ccoc1C. The van der Waals surface area contributed by atoms with Crippen LogP contribution in [0.2, 0.25) is 0 Å². The van der Waals surface area contributed by atoms with Crippen molar-refractivity contribution in [2.24, 2.45) is 0 Å². The molecule has 1 unspecified atom stereocenters. The number of aliphatic carboxylic acids is 1. The van der Waals surface area contributed by atoms with E-state index in [1.807, 2.05) is 13.8 Å². The van der Waals surface area contributed by atoms with Crippen molar-refractivity contribution < 1.29 is 14.3 Å². The molecule has 0 saturated heterocycles. The molecule has 0 bridgehead atoms. The van der Waals surface area contributed by atoms with Crippen molar-refractivity contribution >= 4 is 5.97 Å². The van der Waals surface area contributed by atoms with Crippen molar-refractivity contribution in [3.8, 4) is 11.4 Å². The lowest BCUT2D eigenvalue weighted by Crippen LogP contribution is -2.15. The molecule has 7 heteroatoms. The van der Waals surface area contributed by atoms with Crippen molar-refractivity contribution in [2.45, 2.75) is 32.7 Å². The fourth-order valence-electron chi connectivity index (χ4n) is 1.84. The maximum Gasteiger partial charge on any atom is 0.305 e. The standard InChI is InChI=1S/C11H14N4O3/c1-3-8(6-10(16)17)15-11(12-13-14-15)9-4-5-18-7(9)2/h4-5,8H,3,6H2,1-2H3,(H,16,17). The summed E-state index contributed by atoms with van der Waals surface area (Å²) in [5.41, 5.74) is 0.781. The Labute approximate surface area is 103 Å². The topological polar surface area (TPSA) is 94.0 Å². The van der Waals surface area contributed by atoms with Gasteiger partial charge in [0.05, 0.1) is 24.3 Å². The highest BCUT2D eigenvalue weighted by molar-refractivity contribution is 5.67. The summed E-state index contributed by atoms with van der Waals surface area (Å²) in [4.78, 5) is 10.8. The number of aromatic nitrogens is 4. The smallest absolute Gasteiger partial charge is 0.305 e. The largest absolute Gasteiger partial charge is 0.481 e. The highest BCUT2D eigenvalue weighted by atomic mass is 16.4. The lowest BCUT2D eigenvalue weighted by molar-refractivity contribution is -0.138. The lowest BCUT2D eigenvalue weighted by atomic mass is 10.1. The fraction of sp³-hybridized carbons (Fsp3) is 0.455. The van der Waals surface area contributed by atoms with Crippen LogP contribution in [0, 0.1) is 6.92 Å². The predicted molar refractivity (Wildman–Crippen MR) is 61.8 cm³/mol. The second kappa shape index (κ2) is 4.99. The van der Waals surface area contributed by atoms with E-state index in [2.05, 4.69) is 15.5 Å². The van der Waals surface area contributed by atoms with Gasteiger partial charge >= 0.3 is 5.97 Å². The summed E-state index contributed by atoms with van der Waals surface area (Å²) in [7, 11) is 0. The fourth-order valence-corrected chi connectivity index (χ4v) is 1.84. The number of carboxylic acid groups (broad SMARTS) is 1. The predicted octanol–water partition coefficient (Wildman–Crippen LogP) is 1.67. The third-order valence-corrected chi connectivity index (χ3v) is 2.82. The molecule has 0 saturated carbocycles. The molecule has 2 aromatic rings. The molecule has 0 aliphatic heterocycles. The van der Waals surface area contributed by atoms with Gasteiger partial charge in [-0.15, -0.1) is 5.10 Å². The van der Waals surface area contributed by atoms with E-state index < -0.39 is 5.97 Å². The van der Waals surface area contributed by atoms with Crippen molar-refractivity contribution in [3.05, 3.63) is 18.1 Å².